The first-order chi connectivity index (χ1) is 11.6. The van der Waals surface area contributed by atoms with Crippen molar-refractivity contribution in [2.24, 2.45) is 0 Å². The average molecular weight is 337 g/mol. The maximum Gasteiger partial charge on any atom is 0.323 e. The fourth-order valence-electron chi connectivity index (χ4n) is 2.61. The monoisotopic (exact) mass is 336 g/mol. The standard InChI is InChI=1S/C21H17ClO2/c1-15-12-13-18(22)19(14-15)24-21(23)20(16-8-4-2-5-9-16)17-10-6-3-7-11-17/h2-14,20H,1H3. The molecule has 0 spiro atoms. The molecule has 3 heteroatoms. The lowest BCUT2D eigenvalue weighted by molar-refractivity contribution is -0.135. The van der Waals surface area contributed by atoms with E-state index in [-0.39, 0.29) is 5.97 Å². The first-order valence-electron chi connectivity index (χ1n) is 7.73. The van der Waals surface area contributed by atoms with Gasteiger partial charge < -0.3 is 4.74 Å². The summed E-state index contributed by atoms with van der Waals surface area (Å²) in [6.07, 6.45) is 0. The van der Waals surface area contributed by atoms with Gasteiger partial charge in [-0.1, -0.05) is 78.3 Å². The minimum absolute atomic E-state index is 0.347. The van der Waals surface area contributed by atoms with E-state index in [1.165, 1.54) is 0 Å². The number of hydrogen-bond donors (Lipinski definition) is 0. The zero-order chi connectivity index (χ0) is 16.9. The summed E-state index contributed by atoms with van der Waals surface area (Å²) >= 11 is 6.16. The van der Waals surface area contributed by atoms with E-state index in [1.54, 1.807) is 12.1 Å². The zero-order valence-corrected chi connectivity index (χ0v) is 14.0. The Morgan fingerprint density at radius 2 is 1.42 bits per heavy atom. The second-order valence-electron chi connectivity index (χ2n) is 5.61. The van der Waals surface area contributed by atoms with Crippen LogP contribution in [0.4, 0.5) is 0 Å². The Bertz CT molecular complexity index is 789. The number of benzene rings is 3. The van der Waals surface area contributed by atoms with Crippen LogP contribution in [0.3, 0.4) is 0 Å². The zero-order valence-electron chi connectivity index (χ0n) is 13.3. The van der Waals surface area contributed by atoms with Crippen LogP contribution in [-0.4, -0.2) is 5.97 Å². The minimum Gasteiger partial charge on any atom is -0.424 e. The Morgan fingerprint density at radius 1 is 0.875 bits per heavy atom. The van der Waals surface area contributed by atoms with Crippen molar-refractivity contribution in [1.82, 2.24) is 0 Å². The third-order valence-electron chi connectivity index (χ3n) is 3.80. The number of carbonyl (C=O) groups excluding carboxylic acids is 1. The third kappa shape index (κ3) is 3.66. The number of esters is 1. The van der Waals surface area contributed by atoms with Crippen LogP contribution in [0.2, 0.25) is 5.02 Å². The van der Waals surface area contributed by atoms with E-state index in [1.807, 2.05) is 73.7 Å². The Labute approximate surface area is 146 Å². The van der Waals surface area contributed by atoms with E-state index >= 15 is 0 Å². The lowest BCUT2D eigenvalue weighted by atomic mass is 9.91. The van der Waals surface area contributed by atoms with Gasteiger partial charge in [-0.3, -0.25) is 4.79 Å². The molecule has 0 atom stereocenters. The van der Waals surface area contributed by atoms with Gasteiger partial charge in [0.25, 0.3) is 0 Å². The Kier molecular flexibility index (Phi) is 4.97. The number of hydrogen-bond acceptors (Lipinski definition) is 2. The van der Waals surface area contributed by atoms with Crippen molar-refractivity contribution in [2.75, 3.05) is 0 Å². The molecular weight excluding hydrogens is 320 g/mol. The van der Waals surface area contributed by atoms with Crippen molar-refractivity contribution in [3.05, 3.63) is 101 Å². The molecule has 0 saturated carbocycles. The molecule has 3 rings (SSSR count). The van der Waals surface area contributed by atoms with Crippen molar-refractivity contribution in [3.63, 3.8) is 0 Å². The molecule has 0 aliphatic heterocycles. The second kappa shape index (κ2) is 7.33. The molecule has 0 heterocycles. The molecule has 120 valence electrons. The molecule has 0 N–H and O–H groups in total. The van der Waals surface area contributed by atoms with Crippen LogP contribution < -0.4 is 4.74 Å². The van der Waals surface area contributed by atoms with Gasteiger partial charge in [-0.25, -0.2) is 0 Å². The molecule has 0 amide bonds. The van der Waals surface area contributed by atoms with Gasteiger partial charge in [0.1, 0.15) is 11.7 Å². The van der Waals surface area contributed by atoms with Crippen molar-refractivity contribution in [1.29, 1.82) is 0 Å². The highest BCUT2D eigenvalue weighted by atomic mass is 35.5. The van der Waals surface area contributed by atoms with Crippen LogP contribution in [-0.2, 0) is 4.79 Å². The average Bonchev–Trinajstić information content (AvgIpc) is 2.60. The summed E-state index contributed by atoms with van der Waals surface area (Å²) < 4.78 is 5.63. The van der Waals surface area contributed by atoms with Gasteiger partial charge >= 0.3 is 5.97 Å². The fourth-order valence-corrected chi connectivity index (χ4v) is 2.77. The molecule has 2 nitrogen and oxygen atoms in total. The highest BCUT2D eigenvalue weighted by molar-refractivity contribution is 6.32. The predicted octanol–water partition coefficient (Wildman–Crippen LogP) is 5.39. The van der Waals surface area contributed by atoms with E-state index < -0.39 is 5.92 Å². The first kappa shape index (κ1) is 16.3. The van der Waals surface area contributed by atoms with Crippen LogP contribution in [0.25, 0.3) is 0 Å². The summed E-state index contributed by atoms with van der Waals surface area (Å²) in [5.74, 6) is -0.456. The number of halogens is 1. The first-order valence-corrected chi connectivity index (χ1v) is 8.10. The van der Waals surface area contributed by atoms with Crippen molar-refractivity contribution < 1.29 is 9.53 Å². The van der Waals surface area contributed by atoms with Crippen LogP contribution in [0, 0.1) is 6.92 Å². The molecule has 0 bridgehead atoms. The molecule has 24 heavy (non-hydrogen) atoms. The highest BCUT2D eigenvalue weighted by Gasteiger charge is 2.25. The lowest BCUT2D eigenvalue weighted by Gasteiger charge is -2.17. The largest absolute Gasteiger partial charge is 0.424 e. The second-order valence-corrected chi connectivity index (χ2v) is 6.02. The van der Waals surface area contributed by atoms with Crippen molar-refractivity contribution >= 4 is 17.6 Å². The summed E-state index contributed by atoms with van der Waals surface area (Å²) in [4.78, 5) is 12.9. The van der Waals surface area contributed by atoms with Gasteiger partial charge in [-0.15, -0.1) is 0 Å². The summed E-state index contributed by atoms with van der Waals surface area (Å²) in [6, 6.07) is 24.6. The Hall–Kier alpha value is -2.58. The molecular formula is C21H17ClO2. The highest BCUT2D eigenvalue weighted by Crippen LogP contribution is 2.30. The van der Waals surface area contributed by atoms with E-state index in [0.29, 0.717) is 10.8 Å². The molecule has 0 unspecified atom stereocenters. The van der Waals surface area contributed by atoms with Crippen molar-refractivity contribution in [2.45, 2.75) is 12.8 Å². The fraction of sp³-hybridized carbons (Fsp3) is 0.0952. The number of aryl methyl sites for hydroxylation is 1. The number of ether oxygens (including phenoxy) is 1. The quantitative estimate of drug-likeness (QED) is 0.472. The van der Waals surface area contributed by atoms with Crippen LogP contribution in [0.15, 0.2) is 78.9 Å². The maximum atomic E-state index is 12.9. The van der Waals surface area contributed by atoms with Crippen LogP contribution >= 0.6 is 11.6 Å². The van der Waals surface area contributed by atoms with Gasteiger partial charge in [0.15, 0.2) is 0 Å². The van der Waals surface area contributed by atoms with Gasteiger partial charge in [0, 0.05) is 0 Å². The van der Waals surface area contributed by atoms with Crippen molar-refractivity contribution in [3.8, 4) is 5.75 Å². The molecule has 0 saturated heterocycles. The third-order valence-corrected chi connectivity index (χ3v) is 4.11. The molecule has 0 aromatic heterocycles. The summed E-state index contributed by atoms with van der Waals surface area (Å²) in [7, 11) is 0. The topological polar surface area (TPSA) is 26.3 Å². The normalized spacial score (nSPS) is 10.6. The lowest BCUT2D eigenvalue weighted by Crippen LogP contribution is -2.20. The molecule has 0 radical (unpaired) electrons. The van der Waals surface area contributed by atoms with Gasteiger partial charge in [-0.2, -0.15) is 0 Å². The summed E-state index contributed by atoms with van der Waals surface area (Å²) in [5, 5.41) is 0.425. The molecule has 3 aromatic rings. The van der Waals surface area contributed by atoms with E-state index in [2.05, 4.69) is 0 Å². The SMILES string of the molecule is Cc1ccc(Cl)c(OC(=O)C(c2ccccc2)c2ccccc2)c1. The van der Waals surface area contributed by atoms with E-state index in [0.717, 1.165) is 16.7 Å². The molecule has 0 aliphatic rings. The molecule has 0 fully saturated rings. The van der Waals surface area contributed by atoms with Crippen LogP contribution in [0.5, 0.6) is 5.75 Å². The summed E-state index contributed by atoms with van der Waals surface area (Å²) in [6.45, 7) is 1.93. The van der Waals surface area contributed by atoms with Gasteiger partial charge in [-0.05, 0) is 35.7 Å². The minimum atomic E-state index is -0.496. The summed E-state index contributed by atoms with van der Waals surface area (Å²) in [5.41, 5.74) is 2.76. The molecule has 0 aliphatic carbocycles. The smallest absolute Gasteiger partial charge is 0.323 e. The molecule has 3 aromatic carbocycles. The predicted molar refractivity (Wildman–Crippen MR) is 96.6 cm³/mol. The van der Waals surface area contributed by atoms with Crippen LogP contribution in [0.1, 0.15) is 22.6 Å². The maximum absolute atomic E-state index is 12.9. The Balaban J connectivity index is 1.97. The van der Waals surface area contributed by atoms with E-state index in [4.69, 9.17) is 16.3 Å². The number of rotatable bonds is 4. The van der Waals surface area contributed by atoms with Gasteiger partial charge in [0.2, 0.25) is 0 Å². The number of carbonyl (C=O) groups is 1. The van der Waals surface area contributed by atoms with E-state index in [9.17, 15) is 4.79 Å². The van der Waals surface area contributed by atoms with Gasteiger partial charge in [0.05, 0.1) is 5.02 Å². The Morgan fingerprint density at radius 3 is 1.96 bits per heavy atom.